The molecule has 9 nitrogen and oxygen atoms in total. The molecule has 2 heterocycles. The van der Waals surface area contributed by atoms with E-state index in [1.54, 1.807) is 51.2 Å². The van der Waals surface area contributed by atoms with Gasteiger partial charge in [0.25, 0.3) is 11.8 Å². The molecule has 4 aromatic rings. The smallest absolute Gasteiger partial charge is 0.270 e. The first-order chi connectivity index (χ1) is 16.6. The maximum atomic E-state index is 14.6. The molecule has 12 heteroatoms. The molecule has 0 radical (unpaired) electrons. The molecule has 0 saturated heterocycles. The van der Waals surface area contributed by atoms with Crippen LogP contribution in [-0.2, 0) is 6.54 Å². The van der Waals surface area contributed by atoms with E-state index >= 15 is 0 Å². The Balaban J connectivity index is 1.68. The van der Waals surface area contributed by atoms with Crippen LogP contribution in [0.5, 0.6) is 0 Å². The Labute approximate surface area is 207 Å². The fourth-order valence-corrected chi connectivity index (χ4v) is 4.97. The van der Waals surface area contributed by atoms with Crippen LogP contribution in [0.4, 0.5) is 10.2 Å². The van der Waals surface area contributed by atoms with Gasteiger partial charge in [0, 0.05) is 17.4 Å². The van der Waals surface area contributed by atoms with Gasteiger partial charge in [-0.05, 0) is 50.7 Å². The zero-order chi connectivity index (χ0) is 25.3. The lowest BCUT2D eigenvalue weighted by atomic mass is 10.1. The fraction of sp³-hybridized carbons (Fsp3) is 0.217. The van der Waals surface area contributed by atoms with E-state index in [4.69, 9.17) is 21.8 Å². The first kappa shape index (κ1) is 25.0. The second-order valence-electron chi connectivity index (χ2n) is 8.03. The average molecular weight is 519 g/mol. The van der Waals surface area contributed by atoms with Crippen molar-refractivity contribution in [1.29, 1.82) is 0 Å². The molecule has 5 N–H and O–H groups in total. The van der Waals surface area contributed by atoms with E-state index < -0.39 is 21.7 Å². The Hall–Kier alpha value is -3.09. The second kappa shape index (κ2) is 9.88. The molecular formula is C23H24ClFN6O3S. The van der Waals surface area contributed by atoms with Crippen molar-refractivity contribution in [1.82, 2.24) is 25.5 Å². The lowest BCUT2D eigenvalue weighted by Crippen LogP contribution is -2.11. The molecule has 0 unspecified atom stereocenters. The van der Waals surface area contributed by atoms with Gasteiger partial charge in [-0.15, -0.1) is 10.2 Å². The number of nitrogen functional groups attached to an aromatic ring is 1. The Bertz CT molecular complexity index is 1380. The monoisotopic (exact) mass is 518 g/mol. The molecule has 35 heavy (non-hydrogen) atoms. The summed E-state index contributed by atoms with van der Waals surface area (Å²) in [6.07, 6.45) is 1.45. The number of nitrogens with one attached hydrogen (secondary N) is 1. The number of anilines is 1. The summed E-state index contributed by atoms with van der Waals surface area (Å²) in [5.41, 5.74) is 8.01. The highest BCUT2D eigenvalue weighted by Crippen LogP contribution is 2.55. The van der Waals surface area contributed by atoms with Gasteiger partial charge in [0.1, 0.15) is 5.82 Å². The molecule has 0 bridgehead atoms. The van der Waals surface area contributed by atoms with Crippen molar-refractivity contribution >= 4 is 28.0 Å². The van der Waals surface area contributed by atoms with E-state index in [1.807, 2.05) is 0 Å². The van der Waals surface area contributed by atoms with Gasteiger partial charge in [0.15, 0.2) is 11.5 Å². The summed E-state index contributed by atoms with van der Waals surface area (Å²) in [5.74, 6) is -0.498. The predicted molar refractivity (Wildman–Crippen MR) is 135 cm³/mol. The molecule has 0 aliphatic heterocycles. The summed E-state index contributed by atoms with van der Waals surface area (Å²) in [6, 6.07) is 9.50. The third kappa shape index (κ3) is 5.00. The van der Waals surface area contributed by atoms with Crippen LogP contribution in [0, 0.1) is 5.82 Å². The summed E-state index contributed by atoms with van der Waals surface area (Å²) >= 11 is 6.36. The molecule has 0 saturated carbocycles. The van der Waals surface area contributed by atoms with Crippen molar-refractivity contribution in [2.24, 2.45) is 0 Å². The lowest BCUT2D eigenvalue weighted by molar-refractivity contribution is 0.476. The topological polar surface area (TPSA) is 143 Å². The molecule has 184 valence electrons. The maximum Gasteiger partial charge on any atom is 0.270 e. The molecule has 0 fully saturated rings. The van der Waals surface area contributed by atoms with Gasteiger partial charge in [0.05, 0.1) is 27.4 Å². The van der Waals surface area contributed by atoms with Gasteiger partial charge in [-0.1, -0.05) is 23.7 Å². The van der Waals surface area contributed by atoms with Crippen molar-refractivity contribution in [2.45, 2.75) is 30.5 Å². The number of nitrogens with two attached hydrogens (primary N) is 1. The Morgan fingerprint density at radius 3 is 2.54 bits per heavy atom. The van der Waals surface area contributed by atoms with Gasteiger partial charge in [-0.2, -0.15) is 10.6 Å². The SMILES string of the molecule is CNCc1ccc(-c2nnc(-c3nc(-c4ccc(S(O)(O)C(C)C)c(Cl)c4)cnc3N)o2)c(F)c1. The van der Waals surface area contributed by atoms with Crippen LogP contribution in [0.1, 0.15) is 19.4 Å². The predicted octanol–water partition coefficient (Wildman–Crippen LogP) is 5.47. The van der Waals surface area contributed by atoms with E-state index in [9.17, 15) is 13.5 Å². The normalized spacial score (nSPS) is 12.3. The van der Waals surface area contributed by atoms with Crippen LogP contribution in [0.25, 0.3) is 34.3 Å². The Morgan fingerprint density at radius 1 is 1.14 bits per heavy atom. The number of benzene rings is 2. The summed E-state index contributed by atoms with van der Waals surface area (Å²) in [7, 11) is -1.28. The molecule has 0 aliphatic carbocycles. The van der Waals surface area contributed by atoms with Gasteiger partial charge in [-0.25, -0.2) is 14.4 Å². The number of rotatable bonds is 7. The quantitative estimate of drug-likeness (QED) is 0.250. The number of nitrogens with zero attached hydrogens (tertiary/aromatic N) is 4. The molecule has 0 aliphatic rings. The number of aromatic nitrogens is 4. The van der Waals surface area contributed by atoms with E-state index in [-0.39, 0.29) is 38.8 Å². The Kier molecular flexibility index (Phi) is 7.06. The van der Waals surface area contributed by atoms with Gasteiger partial charge >= 0.3 is 0 Å². The molecular weight excluding hydrogens is 495 g/mol. The number of hydrogen-bond acceptors (Lipinski definition) is 9. The minimum Gasteiger partial charge on any atom is -0.414 e. The molecule has 4 rings (SSSR count). The van der Waals surface area contributed by atoms with Crippen LogP contribution in [-0.4, -0.2) is 41.6 Å². The van der Waals surface area contributed by atoms with Crippen molar-refractivity contribution in [3.8, 4) is 34.3 Å². The van der Waals surface area contributed by atoms with Gasteiger partial charge in [-0.3, -0.25) is 9.11 Å². The molecule has 0 spiro atoms. The zero-order valence-electron chi connectivity index (χ0n) is 19.2. The van der Waals surface area contributed by atoms with E-state index in [2.05, 4.69) is 25.5 Å². The maximum absolute atomic E-state index is 14.6. The number of halogens is 2. The molecule has 0 atom stereocenters. The van der Waals surface area contributed by atoms with Crippen molar-refractivity contribution in [3.63, 3.8) is 0 Å². The largest absolute Gasteiger partial charge is 0.414 e. The van der Waals surface area contributed by atoms with E-state index in [0.717, 1.165) is 5.56 Å². The van der Waals surface area contributed by atoms with E-state index in [0.29, 0.717) is 17.8 Å². The summed E-state index contributed by atoms with van der Waals surface area (Å²) in [6.45, 7) is 3.93. The molecule has 2 aromatic heterocycles. The van der Waals surface area contributed by atoms with Gasteiger partial charge in [0.2, 0.25) is 0 Å². The van der Waals surface area contributed by atoms with Crippen molar-refractivity contribution < 1.29 is 17.9 Å². The lowest BCUT2D eigenvalue weighted by Gasteiger charge is -2.37. The minimum atomic E-state index is -3.05. The Morgan fingerprint density at radius 2 is 1.89 bits per heavy atom. The third-order valence-electron chi connectivity index (χ3n) is 5.28. The summed E-state index contributed by atoms with van der Waals surface area (Å²) in [4.78, 5) is 8.90. The standard InChI is InChI=1S/C23H24ClFN6O3S/c1-12(2)35(32,33)19-7-5-14(9-16(19)24)18-11-28-21(26)20(29-18)23-31-30-22(34-23)15-6-4-13(10-27-3)8-17(15)25/h4-9,11-12,27,32-33H,10H2,1-3H3,(H2,26,28). The van der Waals surface area contributed by atoms with E-state index in [1.165, 1.54) is 12.3 Å². The average Bonchev–Trinajstić information content (AvgIpc) is 3.29. The fourth-order valence-electron chi connectivity index (χ4n) is 3.33. The van der Waals surface area contributed by atoms with Crippen LogP contribution in [0.15, 0.2) is 51.9 Å². The number of hydrogen-bond donors (Lipinski definition) is 4. The summed E-state index contributed by atoms with van der Waals surface area (Å²) in [5, 5.41) is 10.7. The highest BCUT2D eigenvalue weighted by Gasteiger charge is 2.24. The van der Waals surface area contributed by atoms with Crippen molar-refractivity contribution in [2.75, 3.05) is 12.8 Å². The van der Waals surface area contributed by atoms with Crippen LogP contribution in [0.3, 0.4) is 0 Å². The minimum absolute atomic E-state index is 0.0219. The first-order valence-electron chi connectivity index (χ1n) is 10.6. The molecule has 2 aromatic carbocycles. The highest BCUT2D eigenvalue weighted by molar-refractivity contribution is 8.24. The third-order valence-corrected chi connectivity index (χ3v) is 8.02. The van der Waals surface area contributed by atoms with Crippen LogP contribution >= 0.6 is 22.2 Å². The van der Waals surface area contributed by atoms with Gasteiger partial charge < -0.3 is 15.5 Å². The highest BCUT2D eigenvalue weighted by atomic mass is 35.5. The summed E-state index contributed by atoms with van der Waals surface area (Å²) < 4.78 is 41.1. The van der Waals surface area contributed by atoms with Crippen LogP contribution in [0.2, 0.25) is 5.02 Å². The van der Waals surface area contributed by atoms with Crippen molar-refractivity contribution in [3.05, 3.63) is 59.0 Å². The first-order valence-corrected chi connectivity index (χ1v) is 12.6. The zero-order valence-corrected chi connectivity index (χ0v) is 20.7. The second-order valence-corrected chi connectivity index (χ2v) is 11.0. The molecule has 0 amide bonds. The van der Waals surface area contributed by atoms with Crippen LogP contribution < -0.4 is 11.1 Å².